The number of aromatic nitrogens is 6. The van der Waals surface area contributed by atoms with Gasteiger partial charge in [0.2, 0.25) is 0 Å². The Morgan fingerprint density at radius 1 is 0.125 bits per heavy atom. The molecule has 2 aromatic heterocycles. The molecule has 0 atom stereocenters. The van der Waals surface area contributed by atoms with E-state index in [0.29, 0.717) is 34.9 Å². The lowest BCUT2D eigenvalue weighted by Crippen LogP contribution is -2.00. The van der Waals surface area contributed by atoms with E-state index in [2.05, 4.69) is 194 Å². The first-order valence-electron chi connectivity index (χ1n) is 24.0. The Hall–Kier alpha value is -9.78. The van der Waals surface area contributed by atoms with E-state index < -0.39 is 0 Å². The molecule has 0 saturated heterocycles. The van der Waals surface area contributed by atoms with Crippen LogP contribution in [0.25, 0.3) is 124 Å². The first kappa shape index (κ1) is 43.5. The van der Waals surface area contributed by atoms with Gasteiger partial charge in [0.25, 0.3) is 0 Å². The fourth-order valence-corrected chi connectivity index (χ4v) is 9.04. The van der Waals surface area contributed by atoms with E-state index in [4.69, 9.17) is 29.9 Å². The Morgan fingerprint density at radius 2 is 0.292 bits per heavy atom. The average molecular weight is 921 g/mol. The lowest BCUT2D eigenvalue weighted by atomic mass is 9.95. The van der Waals surface area contributed by atoms with Crippen LogP contribution >= 0.6 is 0 Å². The zero-order valence-electron chi connectivity index (χ0n) is 39.1. The summed E-state index contributed by atoms with van der Waals surface area (Å²) in [4.78, 5) is 30.3. The van der Waals surface area contributed by atoms with Crippen molar-refractivity contribution < 1.29 is 0 Å². The van der Waals surface area contributed by atoms with Crippen LogP contribution in [0.3, 0.4) is 0 Å². The predicted octanol–water partition coefficient (Wildman–Crippen LogP) is 16.4. The fourth-order valence-electron chi connectivity index (χ4n) is 9.04. The maximum absolute atomic E-state index is 5.17. The van der Waals surface area contributed by atoms with Gasteiger partial charge in [-0.3, -0.25) is 0 Å². The van der Waals surface area contributed by atoms with Gasteiger partial charge in [-0.2, -0.15) is 0 Å². The summed E-state index contributed by atoms with van der Waals surface area (Å²) in [6.07, 6.45) is 0. The topological polar surface area (TPSA) is 77.3 Å². The highest BCUT2D eigenvalue weighted by Crippen LogP contribution is 2.35. The van der Waals surface area contributed by atoms with Gasteiger partial charge >= 0.3 is 0 Å². The summed E-state index contributed by atoms with van der Waals surface area (Å²) >= 11 is 0. The summed E-state index contributed by atoms with van der Waals surface area (Å²) in [6, 6.07) is 92.1. The lowest BCUT2D eigenvalue weighted by Gasteiger charge is -2.12. The van der Waals surface area contributed by atoms with Crippen LogP contribution in [-0.4, -0.2) is 29.9 Å². The monoisotopic (exact) mass is 920 g/mol. The van der Waals surface area contributed by atoms with E-state index in [1.807, 2.05) is 72.8 Å². The maximum Gasteiger partial charge on any atom is 0.164 e. The van der Waals surface area contributed by atoms with Gasteiger partial charge in [0, 0.05) is 33.4 Å². The summed E-state index contributed by atoms with van der Waals surface area (Å²) < 4.78 is 0. The molecule has 0 fully saturated rings. The van der Waals surface area contributed by atoms with Crippen LogP contribution in [-0.2, 0) is 0 Å². The molecule has 2 heterocycles. The van der Waals surface area contributed by atoms with Crippen molar-refractivity contribution in [1.82, 2.24) is 29.9 Å². The van der Waals surface area contributed by atoms with Crippen molar-refractivity contribution >= 4 is 0 Å². The minimum Gasteiger partial charge on any atom is -0.208 e. The van der Waals surface area contributed by atoms with E-state index >= 15 is 0 Å². The summed E-state index contributed by atoms with van der Waals surface area (Å²) in [5.41, 5.74) is 16.5. The summed E-state index contributed by atoms with van der Waals surface area (Å²) in [5.74, 6) is 3.71. The molecule has 0 bridgehead atoms. The van der Waals surface area contributed by atoms with E-state index in [1.165, 1.54) is 0 Å². The smallest absolute Gasteiger partial charge is 0.164 e. The summed E-state index contributed by atoms with van der Waals surface area (Å²) in [6.45, 7) is 0. The highest BCUT2D eigenvalue weighted by atomic mass is 15.0. The number of benzene rings is 10. The van der Waals surface area contributed by atoms with Crippen LogP contribution in [0.4, 0.5) is 0 Å². The molecule has 0 N–H and O–H groups in total. The highest BCUT2D eigenvalue weighted by molar-refractivity contribution is 5.81. The molecular weight excluding hydrogens is 877 g/mol. The molecular formula is C66H44N6. The summed E-state index contributed by atoms with van der Waals surface area (Å²) in [7, 11) is 0. The van der Waals surface area contributed by atoms with Crippen LogP contribution in [0.5, 0.6) is 0 Å². The number of hydrogen-bond donors (Lipinski definition) is 0. The van der Waals surface area contributed by atoms with Crippen molar-refractivity contribution in [1.29, 1.82) is 0 Å². The molecule has 12 rings (SSSR count). The maximum atomic E-state index is 5.17. The third kappa shape index (κ3) is 9.36. The van der Waals surface area contributed by atoms with Crippen molar-refractivity contribution in [3.05, 3.63) is 267 Å². The SMILES string of the molecule is c1ccc(-c2ccc(-c3nc(-c4cccc(-c5ccccc5)c4)nc(-c4cccc(-c5cccc(-c6cccc(-c7cccc(-c8nc(-c9ccccc9)nc(-c9ccccc9)n8)c7)c6)c5)c4)n3)cc2)cc1. The molecule has 0 aliphatic heterocycles. The van der Waals surface area contributed by atoms with Crippen molar-refractivity contribution in [3.63, 3.8) is 0 Å². The van der Waals surface area contributed by atoms with E-state index in [0.717, 1.165) is 89.0 Å². The second-order valence-electron chi connectivity index (χ2n) is 17.6. The van der Waals surface area contributed by atoms with Crippen LogP contribution < -0.4 is 0 Å². The number of hydrogen-bond acceptors (Lipinski definition) is 6. The third-order valence-corrected chi connectivity index (χ3v) is 12.8. The van der Waals surface area contributed by atoms with Crippen LogP contribution in [0.2, 0.25) is 0 Å². The molecule has 6 heteroatoms. The Kier molecular flexibility index (Phi) is 11.9. The van der Waals surface area contributed by atoms with Gasteiger partial charge in [-0.05, 0) is 86.0 Å². The van der Waals surface area contributed by atoms with Gasteiger partial charge in [-0.15, -0.1) is 0 Å². The first-order valence-corrected chi connectivity index (χ1v) is 24.0. The number of rotatable bonds is 11. The third-order valence-electron chi connectivity index (χ3n) is 12.8. The minimum atomic E-state index is 0.602. The van der Waals surface area contributed by atoms with Gasteiger partial charge in [-0.25, -0.2) is 29.9 Å². The Bertz CT molecular complexity index is 3780. The zero-order valence-corrected chi connectivity index (χ0v) is 39.1. The molecule has 0 aliphatic rings. The van der Waals surface area contributed by atoms with Crippen LogP contribution in [0.1, 0.15) is 0 Å². The first-order chi connectivity index (χ1) is 35.6. The Balaban J connectivity index is 0.873. The normalized spacial score (nSPS) is 11.1. The van der Waals surface area contributed by atoms with Crippen LogP contribution in [0.15, 0.2) is 267 Å². The molecule has 72 heavy (non-hydrogen) atoms. The quantitative estimate of drug-likeness (QED) is 0.129. The molecule has 338 valence electrons. The Morgan fingerprint density at radius 3 is 0.597 bits per heavy atom. The Labute approximate surface area is 418 Å². The van der Waals surface area contributed by atoms with E-state index in [9.17, 15) is 0 Å². The molecule has 12 aromatic rings. The second kappa shape index (κ2) is 19.7. The highest BCUT2D eigenvalue weighted by Gasteiger charge is 2.16. The van der Waals surface area contributed by atoms with Gasteiger partial charge in [-0.1, -0.05) is 237 Å². The van der Waals surface area contributed by atoms with Crippen molar-refractivity contribution in [2.45, 2.75) is 0 Å². The van der Waals surface area contributed by atoms with Gasteiger partial charge in [0.05, 0.1) is 0 Å². The van der Waals surface area contributed by atoms with E-state index in [-0.39, 0.29) is 0 Å². The van der Waals surface area contributed by atoms with Crippen molar-refractivity contribution in [3.8, 4) is 124 Å². The molecule has 6 nitrogen and oxygen atoms in total. The van der Waals surface area contributed by atoms with Crippen molar-refractivity contribution in [2.24, 2.45) is 0 Å². The molecule has 0 saturated carbocycles. The minimum absolute atomic E-state index is 0.602. The summed E-state index contributed by atoms with van der Waals surface area (Å²) in [5, 5.41) is 0. The van der Waals surface area contributed by atoms with Crippen molar-refractivity contribution in [2.75, 3.05) is 0 Å². The van der Waals surface area contributed by atoms with Gasteiger partial charge in [0.15, 0.2) is 34.9 Å². The lowest BCUT2D eigenvalue weighted by molar-refractivity contribution is 1.07. The van der Waals surface area contributed by atoms with Crippen LogP contribution in [0, 0.1) is 0 Å². The molecule has 0 spiro atoms. The van der Waals surface area contributed by atoms with E-state index in [1.54, 1.807) is 0 Å². The molecule has 0 radical (unpaired) electrons. The average Bonchev–Trinajstić information content (AvgIpc) is 3.48. The fraction of sp³-hybridized carbons (Fsp3) is 0. The number of nitrogens with zero attached hydrogens (tertiary/aromatic N) is 6. The largest absolute Gasteiger partial charge is 0.208 e. The molecule has 0 aliphatic carbocycles. The molecule has 10 aromatic carbocycles. The standard InChI is InChI=1S/C66H44N6/c1-5-18-45(19-6-1)47-36-38-50(39-37-47)63-70-65(58-33-15-26-51(42-58)46-20-7-2-8-21-46)72-66(71-63)60-35-17-32-57(44-60)55-30-14-28-53(41-55)52-27-13-29-54(40-52)56-31-16-34-59(43-56)64-68-61(48-22-9-3-10-23-48)67-62(69-64)49-24-11-4-12-25-49/h1-44H. The molecule has 0 amide bonds. The van der Waals surface area contributed by atoms with Gasteiger partial charge in [0.1, 0.15) is 0 Å². The predicted molar refractivity (Wildman–Crippen MR) is 293 cm³/mol. The van der Waals surface area contributed by atoms with Gasteiger partial charge < -0.3 is 0 Å². The second-order valence-corrected chi connectivity index (χ2v) is 17.6. The molecule has 0 unspecified atom stereocenters. The zero-order chi connectivity index (χ0) is 48.1.